The zero-order valence-electron chi connectivity index (χ0n) is 15.6. The molecule has 0 radical (unpaired) electrons. The predicted molar refractivity (Wildman–Crippen MR) is 117 cm³/mol. The number of anilines is 1. The van der Waals surface area contributed by atoms with Crippen molar-refractivity contribution in [3.05, 3.63) is 62.5 Å². The van der Waals surface area contributed by atoms with E-state index in [9.17, 15) is 4.79 Å². The molecule has 1 aliphatic heterocycles. The van der Waals surface area contributed by atoms with Gasteiger partial charge < -0.3 is 20.2 Å². The molecule has 0 spiro atoms. The molecule has 0 bridgehead atoms. The van der Waals surface area contributed by atoms with Crippen LogP contribution in [0.1, 0.15) is 30.7 Å². The molecule has 1 fully saturated rings. The molecule has 0 saturated carbocycles. The van der Waals surface area contributed by atoms with E-state index in [1.165, 1.54) is 5.56 Å². The van der Waals surface area contributed by atoms with Crippen molar-refractivity contribution in [3.8, 4) is 0 Å². The predicted octanol–water partition coefficient (Wildman–Crippen LogP) is 4.84. The number of hydrogen-bond donors (Lipinski definition) is 3. The highest BCUT2D eigenvalue weighted by Crippen LogP contribution is 2.36. The van der Waals surface area contributed by atoms with Crippen molar-refractivity contribution >= 4 is 39.9 Å². The maximum atomic E-state index is 11.3. The Morgan fingerprint density at radius 2 is 1.86 bits per heavy atom. The van der Waals surface area contributed by atoms with Gasteiger partial charge in [-0.3, -0.25) is 0 Å². The van der Waals surface area contributed by atoms with Crippen LogP contribution in [0.3, 0.4) is 0 Å². The Hall–Kier alpha value is -1.95. The number of aromatic nitrogens is 2. The highest BCUT2D eigenvalue weighted by Gasteiger charge is 2.22. The Balaban J connectivity index is 1.22. The number of halogens is 2. The molecule has 0 aliphatic carbocycles. The van der Waals surface area contributed by atoms with Crippen LogP contribution in [-0.4, -0.2) is 41.0 Å². The molecule has 28 heavy (non-hydrogen) atoms. The molecule has 2 aromatic carbocycles. The van der Waals surface area contributed by atoms with Crippen LogP contribution in [0.5, 0.6) is 0 Å². The number of rotatable bonds is 6. The van der Waals surface area contributed by atoms with E-state index in [2.05, 4.69) is 26.3 Å². The molecule has 0 amide bonds. The Labute approximate surface area is 174 Å². The van der Waals surface area contributed by atoms with Gasteiger partial charge in [-0.1, -0.05) is 35.3 Å². The van der Waals surface area contributed by atoms with Gasteiger partial charge in [-0.05, 0) is 74.6 Å². The summed E-state index contributed by atoms with van der Waals surface area (Å²) >= 11 is 12.5. The minimum atomic E-state index is -0.172. The van der Waals surface area contributed by atoms with E-state index >= 15 is 0 Å². The average molecular weight is 419 g/mol. The number of nitrogens with one attached hydrogen (secondary N) is 3. The van der Waals surface area contributed by atoms with Gasteiger partial charge in [0.25, 0.3) is 0 Å². The van der Waals surface area contributed by atoms with Crippen molar-refractivity contribution in [1.82, 2.24) is 14.9 Å². The summed E-state index contributed by atoms with van der Waals surface area (Å²) in [5.74, 6) is 0.496. The molecule has 4 rings (SSSR count). The van der Waals surface area contributed by atoms with Crippen LogP contribution < -0.4 is 11.0 Å². The van der Waals surface area contributed by atoms with E-state index in [0.29, 0.717) is 16.0 Å². The smallest absolute Gasteiger partial charge is 0.323 e. The van der Waals surface area contributed by atoms with Gasteiger partial charge in [-0.2, -0.15) is 0 Å². The van der Waals surface area contributed by atoms with Gasteiger partial charge in [0.15, 0.2) is 0 Å². The van der Waals surface area contributed by atoms with E-state index in [1.54, 1.807) is 0 Å². The van der Waals surface area contributed by atoms with Crippen LogP contribution in [0.15, 0.2) is 41.2 Å². The van der Waals surface area contributed by atoms with E-state index in [-0.39, 0.29) is 5.69 Å². The third kappa shape index (κ3) is 4.37. The van der Waals surface area contributed by atoms with Gasteiger partial charge in [-0.25, -0.2) is 4.79 Å². The molecule has 2 heterocycles. The number of H-pyrrole nitrogens is 2. The summed E-state index contributed by atoms with van der Waals surface area (Å²) in [7, 11) is 0. The Bertz CT molecular complexity index is 1010. The molecular weight excluding hydrogens is 395 g/mol. The molecule has 1 aliphatic rings. The number of likely N-dealkylation sites (tertiary alicyclic amines) is 1. The van der Waals surface area contributed by atoms with Gasteiger partial charge in [0.1, 0.15) is 0 Å². The number of imidazole rings is 1. The van der Waals surface area contributed by atoms with Crippen molar-refractivity contribution in [1.29, 1.82) is 0 Å². The second-order valence-electron chi connectivity index (χ2n) is 7.38. The van der Waals surface area contributed by atoms with E-state index in [1.807, 2.05) is 30.3 Å². The lowest BCUT2D eigenvalue weighted by molar-refractivity contribution is 0.212. The zero-order chi connectivity index (χ0) is 19.5. The molecule has 3 aromatic rings. The highest BCUT2D eigenvalue weighted by molar-refractivity contribution is 6.42. The molecule has 1 aromatic heterocycles. The maximum Gasteiger partial charge on any atom is 0.323 e. The molecule has 0 unspecified atom stereocenters. The Kier molecular flexibility index (Phi) is 5.95. The highest BCUT2D eigenvalue weighted by atomic mass is 35.5. The van der Waals surface area contributed by atoms with Crippen LogP contribution in [0.25, 0.3) is 11.0 Å². The summed E-state index contributed by atoms with van der Waals surface area (Å²) in [5, 5.41) is 4.80. The topological polar surface area (TPSA) is 63.9 Å². The third-order valence-electron chi connectivity index (χ3n) is 5.51. The second kappa shape index (κ2) is 8.60. The quantitative estimate of drug-likeness (QED) is 0.501. The summed E-state index contributed by atoms with van der Waals surface area (Å²) in [4.78, 5) is 19.4. The first-order chi connectivity index (χ1) is 13.6. The molecular formula is C21H24Cl2N4O. The maximum absolute atomic E-state index is 11.3. The van der Waals surface area contributed by atoms with E-state index in [4.69, 9.17) is 23.2 Å². The van der Waals surface area contributed by atoms with Gasteiger partial charge in [0.05, 0.1) is 21.1 Å². The van der Waals surface area contributed by atoms with Crippen LogP contribution in [0, 0.1) is 0 Å². The monoisotopic (exact) mass is 418 g/mol. The first kappa shape index (κ1) is 19.4. The Morgan fingerprint density at radius 3 is 2.68 bits per heavy atom. The number of benzene rings is 2. The van der Waals surface area contributed by atoms with Crippen molar-refractivity contribution in [3.63, 3.8) is 0 Å². The molecule has 7 heteroatoms. The largest absolute Gasteiger partial charge is 0.385 e. The fraction of sp³-hybridized carbons (Fsp3) is 0.381. The van der Waals surface area contributed by atoms with Crippen LogP contribution in [-0.2, 0) is 0 Å². The number of piperidine rings is 1. The molecule has 1 saturated heterocycles. The lowest BCUT2D eigenvalue weighted by Crippen LogP contribution is -2.34. The van der Waals surface area contributed by atoms with Gasteiger partial charge in [0.2, 0.25) is 0 Å². The minimum Gasteiger partial charge on any atom is -0.385 e. The summed E-state index contributed by atoms with van der Waals surface area (Å²) in [5.41, 5.74) is 3.70. The number of hydrogen-bond acceptors (Lipinski definition) is 3. The first-order valence-corrected chi connectivity index (χ1v) is 10.5. The van der Waals surface area contributed by atoms with Gasteiger partial charge in [-0.15, -0.1) is 0 Å². The molecule has 5 nitrogen and oxygen atoms in total. The van der Waals surface area contributed by atoms with Gasteiger partial charge >= 0.3 is 5.69 Å². The zero-order valence-corrected chi connectivity index (χ0v) is 17.1. The average Bonchev–Trinajstić information content (AvgIpc) is 3.07. The molecule has 148 valence electrons. The van der Waals surface area contributed by atoms with Crippen molar-refractivity contribution in [2.24, 2.45) is 0 Å². The number of aromatic amines is 2. The van der Waals surface area contributed by atoms with Crippen LogP contribution in [0.4, 0.5) is 5.69 Å². The fourth-order valence-electron chi connectivity index (χ4n) is 3.98. The molecule has 0 atom stereocenters. The summed E-state index contributed by atoms with van der Waals surface area (Å²) in [6.07, 6.45) is 3.31. The van der Waals surface area contributed by atoms with Crippen LogP contribution >= 0.6 is 23.2 Å². The Morgan fingerprint density at radius 1 is 1.07 bits per heavy atom. The normalized spacial score (nSPS) is 15.9. The van der Waals surface area contributed by atoms with E-state index in [0.717, 1.165) is 62.2 Å². The molecule has 3 N–H and O–H groups in total. The van der Waals surface area contributed by atoms with Crippen molar-refractivity contribution in [2.45, 2.75) is 25.2 Å². The summed E-state index contributed by atoms with van der Waals surface area (Å²) < 4.78 is 0. The minimum absolute atomic E-state index is 0.172. The lowest BCUT2D eigenvalue weighted by Gasteiger charge is -2.32. The van der Waals surface area contributed by atoms with Crippen molar-refractivity contribution in [2.75, 3.05) is 31.5 Å². The van der Waals surface area contributed by atoms with Crippen molar-refractivity contribution < 1.29 is 0 Å². The third-order valence-corrected chi connectivity index (χ3v) is 6.34. The first-order valence-electron chi connectivity index (χ1n) is 9.72. The number of fused-ring (bicyclic) bond motifs is 1. The fourth-order valence-corrected chi connectivity index (χ4v) is 4.44. The number of nitrogens with zero attached hydrogens (tertiary/aromatic N) is 1. The standard InChI is InChI=1S/C21H24Cl2N4O/c22-17-4-1-3-16(20(17)23)14-7-11-27(12-8-14)10-2-9-24-15-5-6-18-19(13-15)26-21(28)25-18/h1,3-6,13-14,24H,2,7-12H2,(H2,25,26,28). The summed E-state index contributed by atoms with van der Waals surface area (Å²) in [6, 6.07) is 11.8. The summed E-state index contributed by atoms with van der Waals surface area (Å²) in [6.45, 7) is 4.15. The lowest BCUT2D eigenvalue weighted by atomic mass is 9.89. The van der Waals surface area contributed by atoms with E-state index < -0.39 is 0 Å². The van der Waals surface area contributed by atoms with Crippen LogP contribution in [0.2, 0.25) is 10.0 Å². The SMILES string of the molecule is O=c1[nH]c2ccc(NCCCN3CCC(c4cccc(Cl)c4Cl)CC3)cc2[nH]1. The van der Waals surface area contributed by atoms with Gasteiger partial charge in [0, 0.05) is 12.2 Å². The second-order valence-corrected chi connectivity index (χ2v) is 8.16.